The Morgan fingerprint density at radius 2 is 2.18 bits per heavy atom. The van der Waals surface area contributed by atoms with Gasteiger partial charge >= 0.3 is 0 Å². The zero-order valence-corrected chi connectivity index (χ0v) is 12.3. The predicted octanol–water partition coefficient (Wildman–Crippen LogP) is 2.24. The third-order valence-electron chi connectivity index (χ3n) is 3.58. The van der Waals surface area contributed by atoms with E-state index in [-0.39, 0.29) is 11.1 Å². The van der Waals surface area contributed by atoms with E-state index in [1.54, 1.807) is 0 Å². The van der Waals surface area contributed by atoms with E-state index in [1.165, 1.54) is 12.1 Å². The molecule has 5 nitrogen and oxygen atoms in total. The van der Waals surface area contributed by atoms with Crippen LogP contribution in [-0.4, -0.2) is 5.84 Å². The Balaban J connectivity index is 1.90. The number of hydrazine groups is 1. The Hall–Kier alpha value is -2.31. The first-order valence-corrected chi connectivity index (χ1v) is 6.99. The van der Waals surface area contributed by atoms with Crippen LogP contribution in [0.5, 0.6) is 5.75 Å². The summed E-state index contributed by atoms with van der Waals surface area (Å²) in [6, 6.07) is 10.4. The highest BCUT2D eigenvalue weighted by Gasteiger charge is 2.26. The van der Waals surface area contributed by atoms with Gasteiger partial charge in [-0.1, -0.05) is 29.8 Å². The Bertz CT molecular complexity index is 719. The molecule has 0 saturated carbocycles. The molecule has 1 aliphatic rings. The Labute approximate surface area is 131 Å². The molecule has 2 aromatic rings. The molecule has 0 amide bonds. The molecule has 0 spiro atoms. The largest absolute Gasteiger partial charge is 0.485 e. The van der Waals surface area contributed by atoms with Gasteiger partial charge in [0.1, 0.15) is 17.7 Å². The summed E-state index contributed by atoms with van der Waals surface area (Å²) in [5.41, 5.74) is 4.89. The lowest BCUT2D eigenvalue weighted by atomic mass is 10.0. The number of fused-ring (bicyclic) bond motifs is 1. The van der Waals surface area contributed by atoms with Crippen molar-refractivity contribution in [2.75, 3.05) is 0 Å². The number of benzene rings is 2. The molecule has 1 heterocycles. The van der Waals surface area contributed by atoms with E-state index in [9.17, 15) is 4.39 Å². The lowest BCUT2D eigenvalue weighted by Crippen LogP contribution is -2.32. The molecule has 1 unspecified atom stereocenters. The summed E-state index contributed by atoms with van der Waals surface area (Å²) in [7, 11) is 0. The highest BCUT2D eigenvalue weighted by atomic mass is 35.5. The van der Waals surface area contributed by atoms with Gasteiger partial charge in [0, 0.05) is 23.6 Å². The van der Waals surface area contributed by atoms with E-state index in [0.717, 1.165) is 16.7 Å². The smallest absolute Gasteiger partial charge is 0.166 e. The fraction of sp³-hybridized carbons (Fsp3) is 0.133. The molecule has 3 rings (SSSR count). The van der Waals surface area contributed by atoms with Crippen molar-refractivity contribution < 1.29 is 9.13 Å². The van der Waals surface area contributed by atoms with E-state index in [4.69, 9.17) is 28.0 Å². The summed E-state index contributed by atoms with van der Waals surface area (Å²) in [5.74, 6) is 11.2. The van der Waals surface area contributed by atoms with Crippen molar-refractivity contribution in [2.45, 2.75) is 12.5 Å². The number of halogens is 2. The van der Waals surface area contributed by atoms with Gasteiger partial charge < -0.3 is 16.0 Å². The first kappa shape index (κ1) is 14.6. The Morgan fingerprint density at radius 1 is 1.36 bits per heavy atom. The van der Waals surface area contributed by atoms with Gasteiger partial charge in [-0.05, 0) is 17.7 Å². The molecule has 0 fully saturated rings. The van der Waals surface area contributed by atoms with Crippen LogP contribution in [0.25, 0.3) is 0 Å². The topological polar surface area (TPSA) is 85.7 Å². The van der Waals surface area contributed by atoms with Crippen molar-refractivity contribution in [3.8, 4) is 5.75 Å². The normalized spacial score (nSPS) is 17.0. The van der Waals surface area contributed by atoms with Gasteiger partial charge in [0.15, 0.2) is 5.84 Å². The number of rotatable bonds is 2. The van der Waals surface area contributed by atoms with Crippen LogP contribution < -0.4 is 21.8 Å². The van der Waals surface area contributed by atoms with Gasteiger partial charge in [0.25, 0.3) is 0 Å². The van der Waals surface area contributed by atoms with Crippen LogP contribution in [0.3, 0.4) is 0 Å². The molecule has 1 aliphatic heterocycles. The number of nitrogens with two attached hydrogens (primary N) is 2. The van der Waals surface area contributed by atoms with Gasteiger partial charge in [-0.15, -0.1) is 0 Å². The molecule has 114 valence electrons. The number of amidine groups is 1. The zero-order chi connectivity index (χ0) is 15.7. The molecule has 0 saturated heterocycles. The summed E-state index contributed by atoms with van der Waals surface area (Å²) in [6.07, 6.45) is 0.350. The second-order valence-corrected chi connectivity index (χ2v) is 5.34. The predicted molar refractivity (Wildman–Crippen MR) is 83.0 cm³/mol. The number of hydrazone groups is 1. The molecular weight excluding hydrogens is 307 g/mol. The number of nitrogens with one attached hydrogen (secondary N) is 1. The van der Waals surface area contributed by atoms with E-state index >= 15 is 0 Å². The lowest BCUT2D eigenvalue weighted by molar-refractivity contribution is 0.238. The Morgan fingerprint density at radius 3 is 2.91 bits per heavy atom. The van der Waals surface area contributed by atoms with Crippen molar-refractivity contribution in [3.63, 3.8) is 0 Å². The standard InChI is InChI=1S/C15H14ClFN4O/c16-11-7-14-10(5-12(11)17)6-13(22-14)8-2-1-3-9(4-8)15(20-18)21-19/h1-5,7,13H,6,18-19H2,(H,20,21). The maximum atomic E-state index is 13.5. The molecule has 0 bridgehead atoms. The minimum absolute atomic E-state index is 0.0537. The first-order valence-electron chi connectivity index (χ1n) is 6.61. The molecular formula is C15H14ClFN4O. The van der Waals surface area contributed by atoms with E-state index in [1.807, 2.05) is 24.3 Å². The van der Waals surface area contributed by atoms with Crippen molar-refractivity contribution in [1.29, 1.82) is 0 Å². The van der Waals surface area contributed by atoms with Gasteiger partial charge in [-0.25, -0.2) is 10.2 Å². The van der Waals surface area contributed by atoms with Crippen LogP contribution in [0, 0.1) is 5.82 Å². The average Bonchev–Trinajstić information content (AvgIpc) is 2.92. The number of nitrogens with zero attached hydrogens (tertiary/aromatic N) is 1. The summed E-state index contributed by atoms with van der Waals surface area (Å²) < 4.78 is 19.4. The SMILES string of the molecule is N/N=C(\NN)c1cccc(C2Cc3cc(F)c(Cl)cc3O2)c1. The molecule has 1 atom stereocenters. The Kier molecular flexibility index (Phi) is 3.87. The molecule has 2 aromatic carbocycles. The molecule has 0 aromatic heterocycles. The highest BCUT2D eigenvalue weighted by Crippen LogP contribution is 2.39. The minimum Gasteiger partial charge on any atom is -0.485 e. The van der Waals surface area contributed by atoms with Crippen LogP contribution >= 0.6 is 11.6 Å². The first-order chi connectivity index (χ1) is 10.6. The molecule has 22 heavy (non-hydrogen) atoms. The summed E-state index contributed by atoms with van der Waals surface area (Å²) in [4.78, 5) is 0. The molecule has 5 N–H and O–H groups in total. The molecule has 0 radical (unpaired) electrons. The van der Waals surface area contributed by atoms with Crippen LogP contribution in [0.15, 0.2) is 41.5 Å². The second-order valence-electron chi connectivity index (χ2n) is 4.93. The van der Waals surface area contributed by atoms with Gasteiger partial charge in [-0.3, -0.25) is 0 Å². The third kappa shape index (κ3) is 2.58. The number of hydrogen-bond acceptors (Lipinski definition) is 4. The second kappa shape index (κ2) is 5.82. The van der Waals surface area contributed by atoms with Crippen LogP contribution in [0.4, 0.5) is 4.39 Å². The lowest BCUT2D eigenvalue weighted by Gasteiger charge is -2.13. The summed E-state index contributed by atoms with van der Waals surface area (Å²) >= 11 is 5.78. The van der Waals surface area contributed by atoms with Crippen molar-refractivity contribution >= 4 is 17.4 Å². The fourth-order valence-corrected chi connectivity index (χ4v) is 2.65. The highest BCUT2D eigenvalue weighted by molar-refractivity contribution is 6.30. The monoisotopic (exact) mass is 320 g/mol. The van der Waals surface area contributed by atoms with Crippen molar-refractivity contribution in [1.82, 2.24) is 5.43 Å². The molecule has 7 heteroatoms. The average molecular weight is 321 g/mol. The van der Waals surface area contributed by atoms with Gasteiger partial charge in [-0.2, -0.15) is 5.10 Å². The number of hydrogen-bond donors (Lipinski definition) is 3. The van der Waals surface area contributed by atoms with E-state index < -0.39 is 5.82 Å². The van der Waals surface area contributed by atoms with Gasteiger partial charge in [0.2, 0.25) is 0 Å². The van der Waals surface area contributed by atoms with Crippen molar-refractivity contribution in [3.05, 3.63) is 63.9 Å². The van der Waals surface area contributed by atoms with Crippen LogP contribution in [0.1, 0.15) is 22.8 Å². The van der Waals surface area contributed by atoms with Crippen molar-refractivity contribution in [2.24, 2.45) is 16.8 Å². The maximum Gasteiger partial charge on any atom is 0.166 e. The third-order valence-corrected chi connectivity index (χ3v) is 3.87. The quantitative estimate of drug-likeness (QED) is 0.343. The van der Waals surface area contributed by atoms with Crippen LogP contribution in [-0.2, 0) is 6.42 Å². The molecule has 0 aliphatic carbocycles. The maximum absolute atomic E-state index is 13.5. The number of ether oxygens (including phenoxy) is 1. The fourth-order valence-electron chi connectivity index (χ4n) is 2.50. The van der Waals surface area contributed by atoms with Gasteiger partial charge in [0.05, 0.1) is 5.02 Å². The zero-order valence-electron chi connectivity index (χ0n) is 11.5. The van der Waals surface area contributed by atoms with Crippen LogP contribution in [0.2, 0.25) is 5.02 Å². The minimum atomic E-state index is -0.441. The van der Waals surface area contributed by atoms with E-state index in [0.29, 0.717) is 18.0 Å². The summed E-state index contributed by atoms with van der Waals surface area (Å²) in [6.45, 7) is 0. The van der Waals surface area contributed by atoms with E-state index in [2.05, 4.69) is 10.5 Å². The summed E-state index contributed by atoms with van der Waals surface area (Å²) in [5, 5.41) is 3.63.